The largest absolute Gasteiger partial charge is 0.335 e. The molecule has 1 fully saturated rings. The van der Waals surface area contributed by atoms with Gasteiger partial charge >= 0.3 is 0 Å². The minimum atomic E-state index is -0.590. The van der Waals surface area contributed by atoms with Crippen molar-refractivity contribution in [2.45, 2.75) is 11.7 Å². The number of benzene rings is 2. The molecule has 1 aliphatic rings. The first kappa shape index (κ1) is 18.4. The molecule has 0 unspecified atom stereocenters. The number of anilines is 2. The maximum atomic E-state index is 13.0. The summed E-state index contributed by atoms with van der Waals surface area (Å²) >= 11 is 7.12. The normalized spacial score (nSPS) is 17.7. The molecule has 0 aliphatic carbocycles. The zero-order valence-electron chi connectivity index (χ0n) is 13.8. The van der Waals surface area contributed by atoms with Gasteiger partial charge in [-0.1, -0.05) is 29.4 Å². The summed E-state index contributed by atoms with van der Waals surface area (Å²) in [5.41, 5.74) is 1.10. The number of thioether (sulfide) groups is 1. The predicted molar refractivity (Wildman–Crippen MR) is 103 cm³/mol. The van der Waals surface area contributed by atoms with Crippen LogP contribution in [0.25, 0.3) is 0 Å². The number of amides is 2. The van der Waals surface area contributed by atoms with Crippen LogP contribution in [0.15, 0.2) is 53.5 Å². The van der Waals surface area contributed by atoms with Gasteiger partial charge in [0.25, 0.3) is 0 Å². The molecule has 2 aromatic rings. The second-order valence-corrected chi connectivity index (χ2v) is 7.15. The highest BCUT2D eigenvalue weighted by Gasteiger charge is 2.40. The molecule has 1 aliphatic heterocycles. The Hall–Kier alpha value is -2.38. The Morgan fingerprint density at radius 1 is 1.27 bits per heavy atom. The lowest BCUT2D eigenvalue weighted by Crippen LogP contribution is -2.31. The molecule has 0 aromatic heterocycles. The summed E-state index contributed by atoms with van der Waals surface area (Å²) in [6.07, 6.45) is 0.0696. The van der Waals surface area contributed by atoms with Crippen LogP contribution in [0, 0.1) is 5.82 Å². The van der Waals surface area contributed by atoms with Gasteiger partial charge in [0.15, 0.2) is 5.17 Å². The molecule has 3 rings (SSSR count). The molecule has 0 radical (unpaired) electrons. The van der Waals surface area contributed by atoms with Crippen molar-refractivity contribution in [2.75, 3.05) is 17.3 Å². The number of halogens is 2. The van der Waals surface area contributed by atoms with Gasteiger partial charge in [-0.2, -0.15) is 0 Å². The number of aliphatic imine (C=N–C) groups is 1. The van der Waals surface area contributed by atoms with Gasteiger partial charge in [-0.25, -0.2) is 9.29 Å². The summed E-state index contributed by atoms with van der Waals surface area (Å²) in [6.45, 7) is 0. The smallest absolute Gasteiger partial charge is 0.247 e. The molecular formula is C18H15ClFN3O2S. The van der Waals surface area contributed by atoms with Crippen LogP contribution in [0.3, 0.4) is 0 Å². The van der Waals surface area contributed by atoms with Gasteiger partial charge in [0.05, 0.1) is 5.69 Å². The number of carbonyl (C=O) groups is 2. The topological polar surface area (TPSA) is 61.8 Å². The van der Waals surface area contributed by atoms with Crippen LogP contribution in [0.5, 0.6) is 0 Å². The van der Waals surface area contributed by atoms with Crippen LogP contribution >= 0.6 is 23.4 Å². The molecule has 0 saturated carbocycles. The third kappa shape index (κ3) is 4.05. The van der Waals surface area contributed by atoms with Gasteiger partial charge in [-0.15, -0.1) is 0 Å². The van der Waals surface area contributed by atoms with Crippen molar-refractivity contribution in [2.24, 2.45) is 4.99 Å². The van der Waals surface area contributed by atoms with E-state index in [1.165, 1.54) is 23.9 Å². The fraction of sp³-hybridized carbons (Fsp3) is 0.167. The lowest BCUT2D eigenvalue weighted by atomic mass is 10.3. The number of rotatable bonds is 3. The third-order valence-corrected chi connectivity index (χ3v) is 5.12. The van der Waals surface area contributed by atoms with E-state index in [1.54, 1.807) is 43.4 Å². The number of nitrogens with one attached hydrogen (secondary N) is 1. The molecule has 134 valence electrons. The van der Waals surface area contributed by atoms with Gasteiger partial charge in [-0.3, -0.25) is 14.6 Å². The van der Waals surface area contributed by atoms with E-state index < -0.39 is 5.25 Å². The van der Waals surface area contributed by atoms with Crippen molar-refractivity contribution >= 4 is 51.7 Å². The minimum absolute atomic E-state index is 0.0696. The highest BCUT2D eigenvalue weighted by molar-refractivity contribution is 8.15. The fourth-order valence-electron chi connectivity index (χ4n) is 2.51. The fourth-order valence-corrected chi connectivity index (χ4v) is 3.68. The molecule has 0 spiro atoms. The maximum absolute atomic E-state index is 13.0. The molecule has 8 heteroatoms. The van der Waals surface area contributed by atoms with E-state index in [1.807, 2.05) is 0 Å². The number of imide groups is 1. The van der Waals surface area contributed by atoms with Gasteiger partial charge in [0.2, 0.25) is 11.8 Å². The summed E-state index contributed by atoms with van der Waals surface area (Å²) in [4.78, 5) is 30.3. The van der Waals surface area contributed by atoms with E-state index in [0.717, 1.165) is 4.90 Å². The van der Waals surface area contributed by atoms with Crippen LogP contribution < -0.4 is 10.2 Å². The number of nitrogens with zero attached hydrogens (tertiary/aromatic N) is 2. The highest BCUT2D eigenvalue weighted by Crippen LogP contribution is 2.31. The number of carbonyl (C=O) groups excluding carboxylic acids is 2. The predicted octanol–water partition coefficient (Wildman–Crippen LogP) is 3.94. The second-order valence-electron chi connectivity index (χ2n) is 5.52. The average Bonchev–Trinajstić information content (AvgIpc) is 2.89. The number of hydrogen-bond donors (Lipinski definition) is 1. The van der Waals surface area contributed by atoms with E-state index in [-0.39, 0.29) is 24.1 Å². The minimum Gasteiger partial charge on any atom is -0.335 e. The molecule has 1 saturated heterocycles. The van der Waals surface area contributed by atoms with Crippen molar-refractivity contribution in [3.05, 3.63) is 59.4 Å². The van der Waals surface area contributed by atoms with Crippen LogP contribution in [0.1, 0.15) is 6.42 Å². The Balaban J connectivity index is 1.72. The van der Waals surface area contributed by atoms with Crippen molar-refractivity contribution in [1.82, 2.24) is 0 Å². The van der Waals surface area contributed by atoms with Crippen molar-refractivity contribution in [3.8, 4) is 0 Å². The van der Waals surface area contributed by atoms with E-state index in [0.29, 0.717) is 21.6 Å². The van der Waals surface area contributed by atoms with Gasteiger partial charge in [0.1, 0.15) is 11.1 Å². The summed E-state index contributed by atoms with van der Waals surface area (Å²) in [7, 11) is 1.58. The summed E-state index contributed by atoms with van der Waals surface area (Å²) < 4.78 is 13.0. The molecular weight excluding hydrogens is 377 g/mol. The number of amidine groups is 1. The SMILES string of the molecule is CN=C(Nc1ccc(F)cc1)S[C@@H]1CC(=O)N(c2cccc(Cl)c2)C1=O. The van der Waals surface area contributed by atoms with Crippen LogP contribution in [-0.2, 0) is 9.59 Å². The third-order valence-electron chi connectivity index (χ3n) is 3.72. The monoisotopic (exact) mass is 391 g/mol. The van der Waals surface area contributed by atoms with E-state index >= 15 is 0 Å². The molecule has 26 heavy (non-hydrogen) atoms. The van der Waals surface area contributed by atoms with Crippen molar-refractivity contribution < 1.29 is 14.0 Å². The molecule has 5 nitrogen and oxygen atoms in total. The van der Waals surface area contributed by atoms with Crippen molar-refractivity contribution in [1.29, 1.82) is 0 Å². The zero-order valence-corrected chi connectivity index (χ0v) is 15.4. The van der Waals surface area contributed by atoms with E-state index in [4.69, 9.17) is 11.6 Å². The van der Waals surface area contributed by atoms with Gasteiger partial charge in [0, 0.05) is 24.2 Å². The van der Waals surface area contributed by atoms with Gasteiger partial charge < -0.3 is 5.32 Å². The van der Waals surface area contributed by atoms with E-state index in [2.05, 4.69) is 10.3 Å². The van der Waals surface area contributed by atoms with Crippen LogP contribution in [0.4, 0.5) is 15.8 Å². The summed E-state index contributed by atoms with van der Waals surface area (Å²) in [5.74, 6) is -0.941. The van der Waals surface area contributed by atoms with Crippen LogP contribution in [-0.4, -0.2) is 29.3 Å². The Bertz CT molecular complexity index is 873. The first-order valence-corrected chi connectivity index (χ1v) is 9.02. The quantitative estimate of drug-likeness (QED) is 0.489. The Labute approximate surface area is 159 Å². The maximum Gasteiger partial charge on any atom is 0.247 e. The zero-order chi connectivity index (χ0) is 18.7. The van der Waals surface area contributed by atoms with Gasteiger partial charge in [-0.05, 0) is 42.5 Å². The Kier molecular flexibility index (Phi) is 5.58. The lowest BCUT2D eigenvalue weighted by Gasteiger charge is -2.16. The Morgan fingerprint density at radius 3 is 2.65 bits per heavy atom. The number of hydrogen-bond acceptors (Lipinski definition) is 4. The molecule has 1 atom stereocenters. The second kappa shape index (κ2) is 7.88. The molecule has 1 heterocycles. The Morgan fingerprint density at radius 2 is 2.00 bits per heavy atom. The first-order chi connectivity index (χ1) is 12.5. The van der Waals surface area contributed by atoms with Crippen LogP contribution in [0.2, 0.25) is 5.02 Å². The average molecular weight is 392 g/mol. The van der Waals surface area contributed by atoms with Crippen molar-refractivity contribution in [3.63, 3.8) is 0 Å². The molecule has 0 bridgehead atoms. The standard InChI is InChI=1S/C18H15ClFN3O2S/c1-21-18(22-13-7-5-12(20)6-8-13)26-15-10-16(24)23(17(15)25)14-4-2-3-11(19)9-14/h2-9,15H,10H2,1H3,(H,21,22)/t15-/m1/s1. The van der Waals surface area contributed by atoms with E-state index in [9.17, 15) is 14.0 Å². The summed E-state index contributed by atoms with van der Waals surface area (Å²) in [6, 6.07) is 12.4. The highest BCUT2D eigenvalue weighted by atomic mass is 35.5. The lowest BCUT2D eigenvalue weighted by molar-refractivity contribution is -0.121. The molecule has 2 aromatic carbocycles. The first-order valence-electron chi connectivity index (χ1n) is 7.76. The molecule has 1 N–H and O–H groups in total. The summed E-state index contributed by atoms with van der Waals surface area (Å²) in [5, 5.41) is 3.36. The molecule has 2 amide bonds.